The van der Waals surface area contributed by atoms with Crippen molar-refractivity contribution in [1.29, 1.82) is 0 Å². The van der Waals surface area contributed by atoms with Crippen molar-refractivity contribution in [2.45, 2.75) is 46.2 Å². The topological polar surface area (TPSA) is 24.9 Å². The Morgan fingerprint density at radius 2 is 1.60 bits per heavy atom. The van der Waals surface area contributed by atoms with Gasteiger partial charge in [0, 0.05) is 18.3 Å². The molecule has 1 N–H and O–H groups in total. The molecule has 0 saturated heterocycles. The number of pyridine rings is 1. The maximum atomic E-state index is 4.51. The Balaban J connectivity index is 1.96. The van der Waals surface area contributed by atoms with Gasteiger partial charge >= 0.3 is 0 Å². The third kappa shape index (κ3) is 3.91. The fraction of sp³-hybridized carbons (Fsp3) is 0.389. The van der Waals surface area contributed by atoms with E-state index >= 15 is 0 Å². The van der Waals surface area contributed by atoms with E-state index in [0.29, 0.717) is 12.0 Å². The van der Waals surface area contributed by atoms with Crippen molar-refractivity contribution in [3.05, 3.63) is 65.0 Å². The molecule has 1 aromatic carbocycles. The summed E-state index contributed by atoms with van der Waals surface area (Å²) in [6.45, 7) is 9.46. The van der Waals surface area contributed by atoms with Crippen LogP contribution in [0.4, 0.5) is 0 Å². The quantitative estimate of drug-likeness (QED) is 0.871. The Kier molecular flexibility index (Phi) is 4.91. The molecule has 0 aliphatic heterocycles. The van der Waals surface area contributed by atoms with Crippen LogP contribution in [0.15, 0.2) is 42.5 Å². The number of rotatable bonds is 5. The highest BCUT2D eigenvalue weighted by atomic mass is 14.9. The van der Waals surface area contributed by atoms with Gasteiger partial charge in [-0.25, -0.2) is 0 Å². The third-order valence-corrected chi connectivity index (χ3v) is 3.64. The lowest BCUT2D eigenvalue weighted by atomic mass is 9.99. The molecule has 106 valence electrons. The van der Waals surface area contributed by atoms with E-state index < -0.39 is 0 Å². The Bertz CT molecular complexity index is 544. The monoisotopic (exact) mass is 268 g/mol. The minimum Gasteiger partial charge on any atom is -0.305 e. The summed E-state index contributed by atoms with van der Waals surface area (Å²) in [5.74, 6) is 0.587. The van der Waals surface area contributed by atoms with Gasteiger partial charge < -0.3 is 5.32 Å². The molecular formula is C18H24N2. The zero-order valence-electron chi connectivity index (χ0n) is 12.9. The van der Waals surface area contributed by atoms with Gasteiger partial charge in [-0.3, -0.25) is 4.98 Å². The second-order valence-electron chi connectivity index (χ2n) is 5.69. The number of hydrogen-bond donors (Lipinski definition) is 1. The Morgan fingerprint density at radius 1 is 0.950 bits per heavy atom. The molecule has 1 heterocycles. The number of aryl methyl sites for hydroxylation is 1. The van der Waals surface area contributed by atoms with Crippen LogP contribution < -0.4 is 5.32 Å². The Hall–Kier alpha value is -1.67. The van der Waals surface area contributed by atoms with Crippen molar-refractivity contribution in [1.82, 2.24) is 10.3 Å². The van der Waals surface area contributed by atoms with Crippen LogP contribution in [0, 0.1) is 6.92 Å². The highest BCUT2D eigenvalue weighted by Gasteiger charge is 2.06. The first-order valence-electron chi connectivity index (χ1n) is 7.32. The largest absolute Gasteiger partial charge is 0.305 e. The molecule has 0 fully saturated rings. The summed E-state index contributed by atoms with van der Waals surface area (Å²) in [6, 6.07) is 15.4. The van der Waals surface area contributed by atoms with Crippen LogP contribution >= 0.6 is 0 Å². The van der Waals surface area contributed by atoms with Crippen LogP contribution in [0.25, 0.3) is 0 Å². The molecule has 1 aromatic heterocycles. The van der Waals surface area contributed by atoms with E-state index in [4.69, 9.17) is 0 Å². The summed E-state index contributed by atoms with van der Waals surface area (Å²) < 4.78 is 0. The molecule has 2 rings (SSSR count). The van der Waals surface area contributed by atoms with Gasteiger partial charge in [0.1, 0.15) is 0 Å². The van der Waals surface area contributed by atoms with E-state index in [2.05, 4.69) is 67.5 Å². The van der Waals surface area contributed by atoms with Crippen LogP contribution in [0.5, 0.6) is 0 Å². The van der Waals surface area contributed by atoms with Crippen molar-refractivity contribution in [2.24, 2.45) is 0 Å². The van der Waals surface area contributed by atoms with Gasteiger partial charge in [-0.1, -0.05) is 44.2 Å². The summed E-state index contributed by atoms with van der Waals surface area (Å²) in [4.78, 5) is 4.51. The highest BCUT2D eigenvalue weighted by molar-refractivity contribution is 5.26. The predicted molar refractivity (Wildman–Crippen MR) is 84.8 cm³/mol. The first-order valence-corrected chi connectivity index (χ1v) is 7.32. The van der Waals surface area contributed by atoms with E-state index in [1.54, 1.807) is 0 Å². The summed E-state index contributed by atoms with van der Waals surface area (Å²) in [5.41, 5.74) is 4.87. The molecule has 0 aliphatic rings. The number of hydrogen-bond acceptors (Lipinski definition) is 2. The zero-order chi connectivity index (χ0) is 14.5. The third-order valence-electron chi connectivity index (χ3n) is 3.64. The van der Waals surface area contributed by atoms with Crippen LogP contribution in [0.2, 0.25) is 0 Å². The number of benzene rings is 1. The van der Waals surface area contributed by atoms with E-state index in [1.165, 1.54) is 11.1 Å². The average molecular weight is 268 g/mol. The fourth-order valence-corrected chi connectivity index (χ4v) is 2.24. The normalized spacial score (nSPS) is 12.7. The Labute approximate surface area is 122 Å². The molecule has 0 aliphatic carbocycles. The first-order chi connectivity index (χ1) is 9.56. The highest BCUT2D eigenvalue weighted by Crippen LogP contribution is 2.18. The predicted octanol–water partition coefficient (Wildman–Crippen LogP) is 4.36. The maximum absolute atomic E-state index is 4.51. The summed E-state index contributed by atoms with van der Waals surface area (Å²) in [5, 5.41) is 3.53. The summed E-state index contributed by atoms with van der Waals surface area (Å²) >= 11 is 0. The van der Waals surface area contributed by atoms with E-state index in [0.717, 1.165) is 17.9 Å². The van der Waals surface area contributed by atoms with Gasteiger partial charge in [-0.05, 0) is 43.0 Å². The fourth-order valence-electron chi connectivity index (χ4n) is 2.24. The molecule has 0 spiro atoms. The second-order valence-corrected chi connectivity index (χ2v) is 5.69. The van der Waals surface area contributed by atoms with Crippen LogP contribution in [0.1, 0.15) is 55.2 Å². The molecule has 2 heteroatoms. The SMILES string of the molecule is Cc1cccc(CNC(C)c2ccc(C(C)C)cc2)n1. The lowest BCUT2D eigenvalue weighted by Gasteiger charge is -2.15. The molecular weight excluding hydrogens is 244 g/mol. The van der Waals surface area contributed by atoms with E-state index in [1.807, 2.05) is 13.0 Å². The minimum absolute atomic E-state index is 0.332. The zero-order valence-corrected chi connectivity index (χ0v) is 12.9. The van der Waals surface area contributed by atoms with Gasteiger partial charge in [-0.15, -0.1) is 0 Å². The Morgan fingerprint density at radius 3 is 2.20 bits per heavy atom. The number of aromatic nitrogens is 1. The molecule has 0 bridgehead atoms. The average Bonchev–Trinajstić information content (AvgIpc) is 2.45. The van der Waals surface area contributed by atoms with Gasteiger partial charge in [0.05, 0.1) is 5.69 Å². The van der Waals surface area contributed by atoms with Crippen molar-refractivity contribution >= 4 is 0 Å². The summed E-state index contributed by atoms with van der Waals surface area (Å²) in [7, 11) is 0. The van der Waals surface area contributed by atoms with Gasteiger partial charge in [0.2, 0.25) is 0 Å². The molecule has 0 saturated carbocycles. The molecule has 0 radical (unpaired) electrons. The van der Waals surface area contributed by atoms with Gasteiger partial charge in [-0.2, -0.15) is 0 Å². The molecule has 20 heavy (non-hydrogen) atoms. The lowest BCUT2D eigenvalue weighted by molar-refractivity contribution is 0.567. The smallest absolute Gasteiger partial charge is 0.0545 e. The maximum Gasteiger partial charge on any atom is 0.0545 e. The molecule has 2 nitrogen and oxygen atoms in total. The van der Waals surface area contributed by atoms with E-state index in [9.17, 15) is 0 Å². The van der Waals surface area contributed by atoms with Crippen LogP contribution in [-0.4, -0.2) is 4.98 Å². The number of nitrogens with one attached hydrogen (secondary N) is 1. The van der Waals surface area contributed by atoms with Crippen molar-refractivity contribution in [3.63, 3.8) is 0 Å². The molecule has 2 aromatic rings. The van der Waals surface area contributed by atoms with Crippen LogP contribution in [0.3, 0.4) is 0 Å². The molecule has 1 atom stereocenters. The van der Waals surface area contributed by atoms with Crippen molar-refractivity contribution in [3.8, 4) is 0 Å². The van der Waals surface area contributed by atoms with Crippen LogP contribution in [-0.2, 0) is 6.54 Å². The van der Waals surface area contributed by atoms with Crippen molar-refractivity contribution < 1.29 is 0 Å². The second kappa shape index (κ2) is 6.67. The van der Waals surface area contributed by atoms with Gasteiger partial charge in [0.15, 0.2) is 0 Å². The minimum atomic E-state index is 0.332. The molecule has 0 amide bonds. The van der Waals surface area contributed by atoms with E-state index in [-0.39, 0.29) is 0 Å². The lowest BCUT2D eigenvalue weighted by Crippen LogP contribution is -2.18. The standard InChI is InChI=1S/C18H24N2/c1-13(2)16-8-10-17(11-9-16)15(4)19-12-18-7-5-6-14(3)20-18/h5-11,13,15,19H,12H2,1-4H3. The number of nitrogens with zero attached hydrogens (tertiary/aromatic N) is 1. The summed E-state index contributed by atoms with van der Waals surface area (Å²) in [6.07, 6.45) is 0. The van der Waals surface area contributed by atoms with Crippen molar-refractivity contribution in [2.75, 3.05) is 0 Å². The molecule has 1 unspecified atom stereocenters. The first kappa shape index (κ1) is 14.7. The van der Waals surface area contributed by atoms with Gasteiger partial charge in [0.25, 0.3) is 0 Å².